The molecule has 2 bridgehead atoms. The third kappa shape index (κ3) is 3.78. The summed E-state index contributed by atoms with van der Waals surface area (Å²) in [5, 5.41) is 11.3. The molecule has 0 fully saturated rings. The Kier molecular flexibility index (Phi) is 4.77. The van der Waals surface area contributed by atoms with Gasteiger partial charge in [0.25, 0.3) is 0 Å². The molecule has 1 aliphatic heterocycles. The van der Waals surface area contributed by atoms with Crippen LogP contribution in [0.4, 0.5) is 10.6 Å². The molecular weight excluding hydrogens is 340 g/mol. The van der Waals surface area contributed by atoms with Crippen LogP contribution in [0.1, 0.15) is 30.1 Å². The molecule has 0 saturated carbocycles. The first-order chi connectivity index (χ1) is 13.1. The van der Waals surface area contributed by atoms with Gasteiger partial charge in [-0.15, -0.1) is 0 Å². The molecule has 4 rings (SSSR count). The van der Waals surface area contributed by atoms with E-state index in [0.29, 0.717) is 12.4 Å². The maximum Gasteiger partial charge on any atom is 0.320 e. The maximum absolute atomic E-state index is 12.6. The van der Waals surface area contributed by atoms with Crippen molar-refractivity contribution in [3.63, 3.8) is 0 Å². The summed E-state index contributed by atoms with van der Waals surface area (Å²) in [5.41, 5.74) is 3.04. The molecular formula is C20H24N6O. The van der Waals surface area contributed by atoms with Crippen molar-refractivity contribution in [1.29, 1.82) is 0 Å². The third-order valence-corrected chi connectivity index (χ3v) is 4.99. The summed E-state index contributed by atoms with van der Waals surface area (Å²) in [6, 6.07) is 11.7. The van der Waals surface area contributed by atoms with Gasteiger partial charge in [-0.3, -0.25) is 10.00 Å². The fourth-order valence-corrected chi connectivity index (χ4v) is 3.68. The summed E-state index contributed by atoms with van der Waals surface area (Å²) in [6.45, 7) is 1.64. The van der Waals surface area contributed by atoms with Gasteiger partial charge >= 0.3 is 6.03 Å². The van der Waals surface area contributed by atoms with Gasteiger partial charge in [-0.2, -0.15) is 5.10 Å². The molecule has 2 amide bonds. The van der Waals surface area contributed by atoms with Gasteiger partial charge in [0.2, 0.25) is 0 Å². The number of amides is 2. The summed E-state index contributed by atoms with van der Waals surface area (Å²) < 4.78 is 1.84. The van der Waals surface area contributed by atoms with E-state index in [1.807, 2.05) is 42.2 Å². The average Bonchev–Trinajstić information content (AvgIpc) is 3.02. The Labute approximate surface area is 158 Å². The monoisotopic (exact) mass is 364 g/mol. The molecule has 3 aromatic rings. The van der Waals surface area contributed by atoms with Crippen molar-refractivity contribution in [2.45, 2.75) is 25.4 Å². The first-order valence-corrected chi connectivity index (χ1v) is 9.23. The summed E-state index contributed by atoms with van der Waals surface area (Å²) in [6.07, 6.45) is 3.66. The second kappa shape index (κ2) is 7.36. The van der Waals surface area contributed by atoms with Crippen molar-refractivity contribution in [2.75, 3.05) is 18.9 Å². The molecule has 2 N–H and O–H groups in total. The summed E-state index contributed by atoms with van der Waals surface area (Å²) in [5.74, 6) is 0.545. The number of aryl methyl sites for hydroxylation is 1. The minimum atomic E-state index is -0.237. The zero-order valence-electron chi connectivity index (χ0n) is 15.6. The van der Waals surface area contributed by atoms with Crippen LogP contribution in [0, 0.1) is 0 Å². The van der Waals surface area contributed by atoms with Gasteiger partial charge < -0.3 is 10.2 Å². The molecule has 1 unspecified atom stereocenters. The Morgan fingerprint density at radius 3 is 2.81 bits per heavy atom. The number of rotatable bonds is 1. The summed E-state index contributed by atoms with van der Waals surface area (Å²) in [7, 11) is 4.02. The number of urea groups is 1. The van der Waals surface area contributed by atoms with Crippen LogP contribution >= 0.6 is 0 Å². The zero-order valence-corrected chi connectivity index (χ0v) is 15.6. The number of pyridine rings is 1. The molecule has 0 radical (unpaired) electrons. The molecule has 7 nitrogen and oxygen atoms in total. The van der Waals surface area contributed by atoms with Crippen LogP contribution in [0.15, 0.2) is 42.6 Å². The van der Waals surface area contributed by atoms with Crippen molar-refractivity contribution in [3.8, 4) is 0 Å². The topological polar surface area (TPSA) is 75.1 Å². The maximum atomic E-state index is 12.6. The fourth-order valence-electron chi connectivity index (χ4n) is 3.68. The molecule has 0 spiro atoms. The number of hydrogen-bond acceptors (Lipinski definition) is 4. The van der Waals surface area contributed by atoms with Crippen LogP contribution in [0.2, 0.25) is 0 Å². The molecule has 1 aliphatic rings. The van der Waals surface area contributed by atoms with Crippen LogP contribution < -0.4 is 10.6 Å². The molecule has 27 heavy (non-hydrogen) atoms. The number of carbonyl (C=O) groups is 1. The highest BCUT2D eigenvalue weighted by atomic mass is 16.2. The lowest BCUT2D eigenvalue weighted by Crippen LogP contribution is -2.34. The lowest BCUT2D eigenvalue weighted by atomic mass is 10.0. The number of hydrogen-bond donors (Lipinski definition) is 2. The Morgan fingerprint density at radius 1 is 1.19 bits per heavy atom. The smallest absolute Gasteiger partial charge is 0.320 e. The van der Waals surface area contributed by atoms with Crippen LogP contribution in [-0.2, 0) is 13.6 Å². The number of benzene rings is 1. The fraction of sp³-hybridized carbons (Fsp3) is 0.350. The largest absolute Gasteiger partial charge is 0.331 e. The minimum Gasteiger partial charge on any atom is -0.331 e. The number of aromatic nitrogens is 3. The second-order valence-corrected chi connectivity index (χ2v) is 7.10. The zero-order chi connectivity index (χ0) is 18.8. The van der Waals surface area contributed by atoms with Gasteiger partial charge in [-0.25, -0.2) is 9.78 Å². The van der Waals surface area contributed by atoms with Gasteiger partial charge in [-0.1, -0.05) is 30.3 Å². The third-order valence-electron chi connectivity index (χ3n) is 4.99. The number of fused-ring (bicyclic) bond motifs is 4. The van der Waals surface area contributed by atoms with E-state index in [-0.39, 0.29) is 12.1 Å². The Balaban J connectivity index is 1.68. The van der Waals surface area contributed by atoms with Crippen molar-refractivity contribution < 1.29 is 4.79 Å². The van der Waals surface area contributed by atoms with Crippen LogP contribution in [-0.4, -0.2) is 39.3 Å². The quantitative estimate of drug-likeness (QED) is 0.696. The van der Waals surface area contributed by atoms with Crippen molar-refractivity contribution in [3.05, 3.63) is 53.9 Å². The van der Waals surface area contributed by atoms with Crippen LogP contribution in [0.3, 0.4) is 0 Å². The van der Waals surface area contributed by atoms with Crippen LogP contribution in [0.5, 0.6) is 0 Å². The number of carbonyl (C=O) groups excluding carboxylic acids is 1. The SMILES string of the molecule is CN1CCCC(c2ccccc2)NC(=O)Nc2cc3cnn(C)c3c(n2)C1. The van der Waals surface area contributed by atoms with E-state index in [4.69, 9.17) is 4.98 Å². The van der Waals surface area contributed by atoms with Gasteiger partial charge in [0.15, 0.2) is 0 Å². The first kappa shape index (κ1) is 17.5. The van der Waals surface area contributed by atoms with E-state index >= 15 is 0 Å². The predicted molar refractivity (Wildman–Crippen MR) is 105 cm³/mol. The molecule has 0 aliphatic carbocycles. The second-order valence-electron chi connectivity index (χ2n) is 7.10. The number of nitrogens with zero attached hydrogens (tertiary/aromatic N) is 4. The lowest BCUT2D eigenvalue weighted by molar-refractivity contribution is 0.246. The molecule has 0 saturated heterocycles. The molecule has 2 aromatic heterocycles. The molecule has 1 aromatic carbocycles. The highest BCUT2D eigenvalue weighted by Crippen LogP contribution is 2.24. The Hall–Kier alpha value is -2.93. The molecule has 7 heteroatoms. The van der Waals surface area contributed by atoms with Crippen molar-refractivity contribution >= 4 is 22.8 Å². The van der Waals surface area contributed by atoms with Gasteiger partial charge in [0, 0.05) is 19.0 Å². The van der Waals surface area contributed by atoms with E-state index in [1.165, 1.54) is 0 Å². The molecule has 1 atom stereocenters. The van der Waals surface area contributed by atoms with Gasteiger partial charge in [-0.05, 0) is 38.1 Å². The van der Waals surface area contributed by atoms with E-state index in [1.54, 1.807) is 0 Å². The molecule has 3 heterocycles. The minimum absolute atomic E-state index is 0.0272. The van der Waals surface area contributed by atoms with E-state index in [0.717, 1.165) is 41.5 Å². The van der Waals surface area contributed by atoms with Gasteiger partial charge in [0.1, 0.15) is 5.82 Å². The van der Waals surface area contributed by atoms with Crippen LogP contribution in [0.25, 0.3) is 10.9 Å². The normalized spacial score (nSPS) is 19.0. The Bertz CT molecular complexity index is 952. The van der Waals surface area contributed by atoms with E-state index < -0.39 is 0 Å². The molecule has 140 valence electrons. The van der Waals surface area contributed by atoms with Crippen molar-refractivity contribution in [2.24, 2.45) is 7.05 Å². The predicted octanol–water partition coefficient (Wildman–Crippen LogP) is 3.06. The highest BCUT2D eigenvalue weighted by molar-refractivity contribution is 5.92. The van der Waals surface area contributed by atoms with Gasteiger partial charge in [0.05, 0.1) is 23.4 Å². The first-order valence-electron chi connectivity index (χ1n) is 9.23. The number of nitrogens with one attached hydrogen (secondary N) is 2. The summed E-state index contributed by atoms with van der Waals surface area (Å²) >= 11 is 0. The van der Waals surface area contributed by atoms with Crippen molar-refractivity contribution in [1.82, 2.24) is 25.0 Å². The van der Waals surface area contributed by atoms with E-state index in [2.05, 4.69) is 39.8 Å². The number of anilines is 1. The standard InChI is InChI=1S/C20H24N6O/c1-25-10-6-9-16(14-7-4-3-5-8-14)23-20(27)24-18-11-15-12-21-26(2)19(15)17(13-25)22-18/h3-5,7-8,11-12,16H,6,9-10,13H2,1-2H3,(H2,22,23,24,27). The average molecular weight is 364 g/mol. The lowest BCUT2D eigenvalue weighted by Gasteiger charge is -2.23. The summed E-state index contributed by atoms with van der Waals surface area (Å²) in [4.78, 5) is 19.6. The Morgan fingerprint density at radius 2 is 2.00 bits per heavy atom. The van der Waals surface area contributed by atoms with E-state index in [9.17, 15) is 4.79 Å². The highest BCUT2D eigenvalue weighted by Gasteiger charge is 2.18.